The van der Waals surface area contributed by atoms with Gasteiger partial charge >= 0.3 is 0 Å². The van der Waals surface area contributed by atoms with Crippen LogP contribution in [0.3, 0.4) is 0 Å². The smallest absolute Gasteiger partial charge is 0.273 e. The van der Waals surface area contributed by atoms with Crippen LogP contribution in [0.4, 0.5) is 23.1 Å². The van der Waals surface area contributed by atoms with Crippen molar-refractivity contribution in [1.29, 1.82) is 0 Å². The van der Waals surface area contributed by atoms with E-state index in [-0.39, 0.29) is 11.8 Å². The van der Waals surface area contributed by atoms with Crippen LogP contribution >= 0.6 is 0 Å². The van der Waals surface area contributed by atoms with Crippen LogP contribution in [0.2, 0.25) is 0 Å². The number of amides is 2. The third kappa shape index (κ3) is 4.45. The molecule has 0 aliphatic carbocycles. The third-order valence-electron chi connectivity index (χ3n) is 5.39. The fraction of sp³-hybridized carbons (Fsp3) is 0.455. The Morgan fingerprint density at radius 2 is 2.03 bits per heavy atom. The molecule has 2 aliphatic heterocycles. The predicted molar refractivity (Wildman–Crippen MR) is 121 cm³/mol. The molecule has 2 aromatic rings. The van der Waals surface area contributed by atoms with Crippen LogP contribution in [0.1, 0.15) is 36.3 Å². The number of benzene rings is 1. The lowest BCUT2D eigenvalue weighted by molar-refractivity contribution is -0.114. The Balaban J connectivity index is 1.75. The molecular formula is C22H28N6O4. The first-order valence-corrected chi connectivity index (χ1v) is 10.8. The molecule has 1 saturated heterocycles. The van der Waals surface area contributed by atoms with Crippen LogP contribution in [-0.2, 0) is 16.1 Å². The van der Waals surface area contributed by atoms with Crippen molar-refractivity contribution in [1.82, 2.24) is 14.9 Å². The van der Waals surface area contributed by atoms with E-state index in [2.05, 4.69) is 15.6 Å². The van der Waals surface area contributed by atoms with Crippen LogP contribution in [0, 0.1) is 0 Å². The molecule has 0 atom stereocenters. The summed E-state index contributed by atoms with van der Waals surface area (Å²) in [6.07, 6.45) is 0.860. The number of hydrogen-bond acceptors (Lipinski definition) is 8. The average molecular weight is 441 g/mol. The lowest BCUT2D eigenvalue weighted by Crippen LogP contribution is -2.37. The minimum atomic E-state index is -0.167. The normalized spacial score (nSPS) is 15.5. The molecule has 0 radical (unpaired) electrons. The summed E-state index contributed by atoms with van der Waals surface area (Å²) in [5.74, 6) is 1.40. The second-order valence-electron chi connectivity index (χ2n) is 7.75. The molecule has 0 unspecified atom stereocenters. The maximum absolute atomic E-state index is 13.0. The third-order valence-corrected chi connectivity index (χ3v) is 5.39. The van der Waals surface area contributed by atoms with E-state index in [9.17, 15) is 9.59 Å². The summed E-state index contributed by atoms with van der Waals surface area (Å²) in [6.45, 7) is 7.09. The number of carbonyl (C=O) groups excluding carboxylic acids is 2. The summed E-state index contributed by atoms with van der Waals surface area (Å²) in [5, 5.41) is 6.11. The Labute approximate surface area is 186 Å². The number of nitrogens with one attached hydrogen (secondary N) is 2. The van der Waals surface area contributed by atoms with Crippen molar-refractivity contribution >= 4 is 35.0 Å². The number of fused-ring (bicyclic) bond motifs is 1. The molecule has 2 amide bonds. The molecule has 1 aromatic heterocycles. The molecule has 10 heteroatoms. The highest BCUT2D eigenvalue weighted by atomic mass is 16.5. The number of carbonyl (C=O) groups is 2. The Morgan fingerprint density at radius 3 is 2.72 bits per heavy atom. The summed E-state index contributed by atoms with van der Waals surface area (Å²) in [6, 6.07) is 5.32. The van der Waals surface area contributed by atoms with E-state index < -0.39 is 0 Å². The van der Waals surface area contributed by atoms with Crippen molar-refractivity contribution in [3.63, 3.8) is 0 Å². The van der Waals surface area contributed by atoms with Crippen molar-refractivity contribution in [3.8, 4) is 5.75 Å². The van der Waals surface area contributed by atoms with Gasteiger partial charge in [-0.05, 0) is 24.6 Å². The van der Waals surface area contributed by atoms with Crippen molar-refractivity contribution in [2.45, 2.75) is 26.8 Å². The van der Waals surface area contributed by atoms with Gasteiger partial charge in [0.05, 0.1) is 32.6 Å². The van der Waals surface area contributed by atoms with Gasteiger partial charge in [-0.25, -0.2) is 4.98 Å². The fourth-order valence-corrected chi connectivity index (χ4v) is 3.88. The van der Waals surface area contributed by atoms with Crippen molar-refractivity contribution in [2.75, 3.05) is 55.5 Å². The second-order valence-corrected chi connectivity index (χ2v) is 7.75. The van der Waals surface area contributed by atoms with Gasteiger partial charge in [-0.15, -0.1) is 0 Å². The Hall–Kier alpha value is -3.40. The average Bonchev–Trinajstić information content (AvgIpc) is 3.10. The summed E-state index contributed by atoms with van der Waals surface area (Å²) in [5.41, 5.74) is 2.44. The highest BCUT2D eigenvalue weighted by Crippen LogP contribution is 2.35. The number of morpholine rings is 1. The lowest BCUT2D eigenvalue weighted by Gasteiger charge is -2.27. The van der Waals surface area contributed by atoms with E-state index in [0.717, 1.165) is 12.0 Å². The fourth-order valence-electron chi connectivity index (χ4n) is 3.88. The molecule has 10 nitrogen and oxygen atoms in total. The molecular weight excluding hydrogens is 412 g/mol. The molecule has 0 bridgehead atoms. The summed E-state index contributed by atoms with van der Waals surface area (Å²) in [7, 11) is 1.58. The van der Waals surface area contributed by atoms with E-state index in [0.29, 0.717) is 74.0 Å². The molecule has 3 heterocycles. The highest BCUT2D eigenvalue weighted by molar-refractivity contribution is 5.98. The molecule has 1 fully saturated rings. The molecule has 1 aromatic carbocycles. The first-order valence-electron chi connectivity index (χ1n) is 10.8. The van der Waals surface area contributed by atoms with E-state index in [1.807, 2.05) is 11.8 Å². The first-order chi connectivity index (χ1) is 15.5. The van der Waals surface area contributed by atoms with Gasteiger partial charge in [0.2, 0.25) is 11.9 Å². The van der Waals surface area contributed by atoms with Gasteiger partial charge in [0.25, 0.3) is 5.91 Å². The molecule has 4 rings (SSSR count). The number of methoxy groups -OCH3 is 1. The van der Waals surface area contributed by atoms with Crippen molar-refractivity contribution < 1.29 is 19.1 Å². The van der Waals surface area contributed by atoms with Crippen molar-refractivity contribution in [2.24, 2.45) is 0 Å². The topological polar surface area (TPSA) is 109 Å². The molecule has 32 heavy (non-hydrogen) atoms. The maximum Gasteiger partial charge on any atom is 0.273 e. The first kappa shape index (κ1) is 21.8. The predicted octanol–water partition coefficient (Wildman–Crippen LogP) is 2.39. The summed E-state index contributed by atoms with van der Waals surface area (Å²) in [4.78, 5) is 37.7. The number of ether oxygens (including phenoxy) is 2. The molecule has 0 saturated carbocycles. The monoisotopic (exact) mass is 440 g/mol. The maximum atomic E-state index is 13.0. The summed E-state index contributed by atoms with van der Waals surface area (Å²) < 4.78 is 10.9. The molecule has 2 aliphatic rings. The van der Waals surface area contributed by atoms with Crippen molar-refractivity contribution in [3.05, 3.63) is 29.5 Å². The highest BCUT2D eigenvalue weighted by Gasteiger charge is 2.33. The SMILES string of the molecule is CCCN1Cc2c(Nc3cc(NC(C)=O)ccc3OC)nc(N3CCOCC3)nc2C1=O. The van der Waals surface area contributed by atoms with E-state index >= 15 is 0 Å². The zero-order valence-electron chi connectivity index (χ0n) is 18.6. The minimum Gasteiger partial charge on any atom is -0.495 e. The number of hydrogen-bond donors (Lipinski definition) is 2. The Bertz CT molecular complexity index is 1020. The zero-order valence-corrected chi connectivity index (χ0v) is 18.6. The van der Waals surface area contributed by atoms with E-state index in [4.69, 9.17) is 14.5 Å². The van der Waals surface area contributed by atoms with Crippen LogP contribution in [0.5, 0.6) is 5.75 Å². The van der Waals surface area contributed by atoms with Gasteiger partial charge in [-0.2, -0.15) is 4.98 Å². The lowest BCUT2D eigenvalue weighted by atomic mass is 10.2. The quantitative estimate of drug-likeness (QED) is 0.676. The van der Waals surface area contributed by atoms with Crippen LogP contribution < -0.4 is 20.3 Å². The second kappa shape index (κ2) is 9.39. The van der Waals surface area contributed by atoms with E-state index in [1.54, 1.807) is 30.2 Å². The van der Waals surface area contributed by atoms with Gasteiger partial charge in [0, 0.05) is 37.8 Å². The Kier molecular flexibility index (Phi) is 6.40. The van der Waals surface area contributed by atoms with Gasteiger partial charge in [0.15, 0.2) is 0 Å². The number of nitrogens with zero attached hydrogens (tertiary/aromatic N) is 4. The standard InChI is InChI=1S/C22H28N6O4/c1-4-7-28-13-16-19(21(28)30)25-22(27-8-10-32-11-9-27)26-20(16)24-17-12-15(23-14(2)29)5-6-18(17)31-3/h5-6,12H,4,7-11,13H2,1-3H3,(H,23,29)(H,24,25,26). The largest absolute Gasteiger partial charge is 0.495 e. The zero-order chi connectivity index (χ0) is 22.7. The van der Waals surface area contributed by atoms with Gasteiger partial charge < -0.3 is 29.9 Å². The minimum absolute atomic E-state index is 0.0826. The molecule has 0 spiro atoms. The van der Waals surface area contributed by atoms with Gasteiger partial charge in [-0.1, -0.05) is 6.92 Å². The number of rotatable bonds is 7. The number of aromatic nitrogens is 2. The number of anilines is 4. The van der Waals surface area contributed by atoms with Crippen LogP contribution in [0.25, 0.3) is 0 Å². The van der Waals surface area contributed by atoms with Crippen LogP contribution in [-0.4, -0.2) is 66.6 Å². The molecule has 2 N–H and O–H groups in total. The van der Waals surface area contributed by atoms with E-state index in [1.165, 1.54) is 6.92 Å². The Morgan fingerprint density at radius 1 is 1.25 bits per heavy atom. The van der Waals surface area contributed by atoms with Gasteiger partial charge in [0.1, 0.15) is 17.3 Å². The summed E-state index contributed by atoms with van der Waals surface area (Å²) >= 11 is 0. The van der Waals surface area contributed by atoms with Crippen LogP contribution in [0.15, 0.2) is 18.2 Å². The molecule has 170 valence electrons. The van der Waals surface area contributed by atoms with Gasteiger partial charge in [-0.3, -0.25) is 9.59 Å².